The van der Waals surface area contributed by atoms with Gasteiger partial charge in [0.25, 0.3) is 0 Å². The topological polar surface area (TPSA) is 7.76 Å². The maximum Gasteiger partial charge on any atom is 0.212 e. The lowest BCUT2D eigenvalue weighted by Crippen LogP contribution is -2.37. The van der Waals surface area contributed by atoms with Gasteiger partial charge in [-0.3, -0.25) is 0 Å². The zero-order valence-electron chi connectivity index (χ0n) is 17.5. The van der Waals surface area contributed by atoms with Crippen LogP contribution < -0.4 is 9.13 Å². The average molecular weight is 381 g/mol. The molecule has 0 bridgehead atoms. The first-order valence-electron chi connectivity index (χ1n) is 10.2. The molecular weight excluding hydrogens is 352 g/mol. The van der Waals surface area contributed by atoms with Crippen molar-refractivity contribution in [1.29, 1.82) is 0 Å². The number of nitrogens with zero attached hydrogens (tertiary/aromatic N) is 2. The van der Waals surface area contributed by atoms with Crippen molar-refractivity contribution < 1.29 is 9.13 Å². The fourth-order valence-corrected chi connectivity index (χ4v) is 4.05. The molecule has 0 radical (unpaired) electrons. The molecule has 0 aliphatic carbocycles. The Morgan fingerprint density at radius 1 is 0.690 bits per heavy atom. The van der Waals surface area contributed by atoms with Gasteiger partial charge in [0.15, 0.2) is 18.9 Å². The maximum atomic E-state index is 2.37. The smallest absolute Gasteiger partial charge is 0.201 e. The predicted octanol–water partition coefficient (Wildman–Crippen LogP) is 4.99. The van der Waals surface area contributed by atoms with Crippen LogP contribution >= 0.6 is 0 Å². The first kappa shape index (κ1) is 19.1. The second kappa shape index (κ2) is 8.40. The van der Waals surface area contributed by atoms with Crippen molar-refractivity contribution in [2.45, 2.75) is 26.8 Å². The zero-order valence-corrected chi connectivity index (χ0v) is 17.5. The highest BCUT2D eigenvalue weighted by Gasteiger charge is 2.17. The maximum absolute atomic E-state index is 2.37. The molecule has 0 spiro atoms. The van der Waals surface area contributed by atoms with Crippen molar-refractivity contribution in [3.63, 3.8) is 0 Å². The molecule has 0 aliphatic heterocycles. The molecule has 2 heteroatoms. The van der Waals surface area contributed by atoms with Crippen LogP contribution in [0.4, 0.5) is 0 Å². The summed E-state index contributed by atoms with van der Waals surface area (Å²) in [5.74, 6) is 0. The molecule has 4 aromatic rings. The van der Waals surface area contributed by atoms with E-state index in [0.717, 1.165) is 13.0 Å². The summed E-state index contributed by atoms with van der Waals surface area (Å²) in [6.45, 7) is 5.29. The molecule has 0 unspecified atom stereocenters. The third-order valence-electron chi connectivity index (χ3n) is 5.57. The van der Waals surface area contributed by atoms with Crippen molar-refractivity contribution in [3.8, 4) is 22.5 Å². The number of hydrogen-bond donors (Lipinski definition) is 0. The molecule has 0 atom stereocenters. The molecule has 29 heavy (non-hydrogen) atoms. The second-order valence-corrected chi connectivity index (χ2v) is 7.70. The zero-order chi connectivity index (χ0) is 20.2. The molecular formula is C27H28N2+2. The molecule has 2 aromatic heterocycles. The summed E-state index contributed by atoms with van der Waals surface area (Å²) < 4.78 is 4.56. The Labute approximate surface area is 173 Å². The van der Waals surface area contributed by atoms with Crippen molar-refractivity contribution in [2.24, 2.45) is 7.05 Å². The van der Waals surface area contributed by atoms with E-state index in [9.17, 15) is 0 Å². The summed E-state index contributed by atoms with van der Waals surface area (Å²) in [6, 6.07) is 28.3. The highest BCUT2D eigenvalue weighted by atomic mass is 15.0. The molecule has 2 aromatic carbocycles. The average Bonchev–Trinajstić information content (AvgIpc) is 2.73. The summed E-state index contributed by atoms with van der Waals surface area (Å²) in [7, 11) is 2.11. The van der Waals surface area contributed by atoms with E-state index in [1.807, 2.05) is 0 Å². The predicted molar refractivity (Wildman–Crippen MR) is 118 cm³/mol. The standard InChI is InChI=1S/C27H28N2/c1-21-14-15-24(22(2)20-21)27-13-7-9-18-29(27)19-16-23-10-4-5-11-25(23)26-12-6-8-17-28(26)3/h4-15,17-18,20H,16,19H2,1-3H3/q+2. The van der Waals surface area contributed by atoms with E-state index in [4.69, 9.17) is 0 Å². The fraction of sp³-hybridized carbons (Fsp3) is 0.185. The Morgan fingerprint density at radius 3 is 2.21 bits per heavy atom. The molecule has 0 fully saturated rings. The lowest BCUT2D eigenvalue weighted by Gasteiger charge is -2.10. The molecule has 4 rings (SSSR count). The van der Waals surface area contributed by atoms with E-state index in [-0.39, 0.29) is 0 Å². The Morgan fingerprint density at radius 2 is 1.41 bits per heavy atom. The summed E-state index contributed by atoms with van der Waals surface area (Å²) in [6.07, 6.45) is 5.29. The molecule has 0 N–H and O–H groups in total. The van der Waals surface area contributed by atoms with Crippen LogP contribution in [-0.2, 0) is 20.0 Å². The summed E-state index contributed by atoms with van der Waals surface area (Å²) >= 11 is 0. The largest absolute Gasteiger partial charge is 0.212 e. The first-order chi connectivity index (χ1) is 14.1. The van der Waals surface area contributed by atoms with Crippen LogP contribution in [0.5, 0.6) is 0 Å². The number of hydrogen-bond acceptors (Lipinski definition) is 0. The number of aryl methyl sites for hydroxylation is 5. The lowest BCUT2D eigenvalue weighted by molar-refractivity contribution is -0.685. The highest BCUT2D eigenvalue weighted by molar-refractivity contribution is 5.62. The van der Waals surface area contributed by atoms with Crippen molar-refractivity contribution in [3.05, 3.63) is 108 Å². The van der Waals surface area contributed by atoms with Gasteiger partial charge in [-0.2, -0.15) is 4.57 Å². The third kappa shape index (κ3) is 4.12. The van der Waals surface area contributed by atoms with Gasteiger partial charge < -0.3 is 0 Å². The lowest BCUT2D eigenvalue weighted by atomic mass is 10.00. The Bertz CT molecular complexity index is 1140. The Hall–Kier alpha value is -3.26. The van der Waals surface area contributed by atoms with Crippen molar-refractivity contribution in [2.75, 3.05) is 0 Å². The summed E-state index contributed by atoms with van der Waals surface area (Å²) in [5.41, 5.74) is 9.12. The van der Waals surface area contributed by atoms with Gasteiger partial charge >= 0.3 is 0 Å². The van der Waals surface area contributed by atoms with E-state index >= 15 is 0 Å². The number of aromatic nitrogens is 2. The van der Waals surface area contributed by atoms with Crippen molar-refractivity contribution >= 4 is 0 Å². The molecule has 2 heterocycles. The van der Waals surface area contributed by atoms with Gasteiger partial charge in [0, 0.05) is 41.8 Å². The van der Waals surface area contributed by atoms with Gasteiger partial charge in [-0.1, -0.05) is 35.9 Å². The van der Waals surface area contributed by atoms with Crippen LogP contribution in [-0.4, -0.2) is 0 Å². The Kier molecular flexibility index (Phi) is 5.53. The van der Waals surface area contributed by atoms with Gasteiger partial charge in [0.05, 0.1) is 0 Å². The van der Waals surface area contributed by atoms with Gasteiger partial charge in [-0.25, -0.2) is 4.57 Å². The van der Waals surface area contributed by atoms with Crippen LogP contribution in [0.25, 0.3) is 22.5 Å². The third-order valence-corrected chi connectivity index (χ3v) is 5.57. The van der Waals surface area contributed by atoms with E-state index in [2.05, 4.69) is 121 Å². The molecule has 0 amide bonds. The van der Waals surface area contributed by atoms with Gasteiger partial charge in [-0.05, 0) is 49.2 Å². The van der Waals surface area contributed by atoms with E-state index in [1.54, 1.807) is 0 Å². The second-order valence-electron chi connectivity index (χ2n) is 7.70. The summed E-state index contributed by atoms with van der Waals surface area (Å²) in [4.78, 5) is 0. The molecule has 0 saturated carbocycles. The molecule has 2 nitrogen and oxygen atoms in total. The molecule has 0 saturated heterocycles. The number of pyridine rings is 2. The molecule has 0 aliphatic rings. The van der Waals surface area contributed by atoms with E-state index < -0.39 is 0 Å². The van der Waals surface area contributed by atoms with Gasteiger partial charge in [0.1, 0.15) is 7.05 Å². The van der Waals surface area contributed by atoms with E-state index in [1.165, 1.54) is 39.2 Å². The van der Waals surface area contributed by atoms with Gasteiger partial charge in [-0.15, -0.1) is 0 Å². The fourth-order valence-electron chi connectivity index (χ4n) is 4.05. The van der Waals surface area contributed by atoms with Crippen LogP contribution in [0.15, 0.2) is 91.3 Å². The van der Waals surface area contributed by atoms with E-state index in [0.29, 0.717) is 0 Å². The SMILES string of the molecule is Cc1ccc(-c2cccc[n+]2CCc2ccccc2-c2cccc[n+]2C)c(C)c1. The quantitative estimate of drug-likeness (QED) is 0.431. The number of benzene rings is 2. The minimum atomic E-state index is 0.942. The van der Waals surface area contributed by atoms with Crippen LogP contribution in [0.2, 0.25) is 0 Å². The monoisotopic (exact) mass is 380 g/mol. The van der Waals surface area contributed by atoms with Crippen LogP contribution in [0.1, 0.15) is 16.7 Å². The first-order valence-corrected chi connectivity index (χ1v) is 10.2. The van der Waals surface area contributed by atoms with Crippen molar-refractivity contribution in [1.82, 2.24) is 0 Å². The number of rotatable bonds is 5. The Balaban J connectivity index is 1.66. The normalized spacial score (nSPS) is 10.9. The minimum absolute atomic E-state index is 0.942. The minimum Gasteiger partial charge on any atom is -0.201 e. The van der Waals surface area contributed by atoms with Crippen LogP contribution in [0.3, 0.4) is 0 Å². The van der Waals surface area contributed by atoms with Crippen LogP contribution in [0, 0.1) is 13.8 Å². The van der Waals surface area contributed by atoms with Gasteiger partial charge in [0.2, 0.25) is 11.4 Å². The molecule has 144 valence electrons. The highest BCUT2D eigenvalue weighted by Crippen LogP contribution is 2.23. The summed E-state index contributed by atoms with van der Waals surface area (Å²) in [5, 5.41) is 0.